The Kier molecular flexibility index (Phi) is 6.51. The van der Waals surface area contributed by atoms with Crippen LogP contribution in [0, 0.1) is 0 Å². The minimum absolute atomic E-state index is 0.0172. The molecule has 0 spiro atoms. The summed E-state index contributed by atoms with van der Waals surface area (Å²) in [6.45, 7) is 1.92. The Balaban J connectivity index is 3.22. The number of aliphatic hydroxyl groups is 3. The maximum atomic E-state index is 9.12. The molecule has 0 saturated heterocycles. The van der Waals surface area contributed by atoms with Gasteiger partial charge in [-0.15, -0.1) is 0 Å². The summed E-state index contributed by atoms with van der Waals surface area (Å²) in [6.07, 6.45) is 1.58. The van der Waals surface area contributed by atoms with Gasteiger partial charge in [0, 0.05) is 6.61 Å². The first-order chi connectivity index (χ1) is 5.20. The summed E-state index contributed by atoms with van der Waals surface area (Å²) in [5, 5.41) is 26.7. The molecule has 0 aliphatic carbocycles. The standard InChI is InChI=1S/C8H18O3/c1-2-7(10)3-4-8(11)5-6-9/h7-11H,2-6H2,1H3. The van der Waals surface area contributed by atoms with Gasteiger partial charge in [-0.1, -0.05) is 6.92 Å². The predicted molar refractivity (Wildman–Crippen MR) is 43.2 cm³/mol. The first-order valence-corrected chi connectivity index (χ1v) is 4.17. The van der Waals surface area contributed by atoms with Crippen molar-refractivity contribution in [2.45, 2.75) is 44.8 Å². The van der Waals surface area contributed by atoms with Crippen LogP contribution in [0.2, 0.25) is 0 Å². The molecule has 0 rings (SSSR count). The highest BCUT2D eigenvalue weighted by atomic mass is 16.3. The van der Waals surface area contributed by atoms with Crippen molar-refractivity contribution in [2.75, 3.05) is 6.61 Å². The molecule has 3 N–H and O–H groups in total. The van der Waals surface area contributed by atoms with E-state index < -0.39 is 6.10 Å². The molecule has 2 unspecified atom stereocenters. The summed E-state index contributed by atoms with van der Waals surface area (Å²) in [7, 11) is 0. The van der Waals surface area contributed by atoms with Crippen molar-refractivity contribution in [2.24, 2.45) is 0 Å². The highest BCUT2D eigenvalue weighted by Gasteiger charge is 2.06. The van der Waals surface area contributed by atoms with Crippen molar-refractivity contribution in [1.29, 1.82) is 0 Å². The van der Waals surface area contributed by atoms with Crippen molar-refractivity contribution >= 4 is 0 Å². The topological polar surface area (TPSA) is 60.7 Å². The van der Waals surface area contributed by atoms with Gasteiger partial charge in [-0.3, -0.25) is 0 Å². The van der Waals surface area contributed by atoms with Crippen LogP contribution in [0.4, 0.5) is 0 Å². The van der Waals surface area contributed by atoms with Crippen LogP contribution in [0.25, 0.3) is 0 Å². The lowest BCUT2D eigenvalue weighted by atomic mass is 10.1. The van der Waals surface area contributed by atoms with E-state index in [1.807, 2.05) is 6.92 Å². The Hall–Kier alpha value is -0.120. The zero-order chi connectivity index (χ0) is 8.69. The maximum absolute atomic E-state index is 9.12. The maximum Gasteiger partial charge on any atom is 0.0563 e. The molecule has 0 aromatic carbocycles. The third-order valence-corrected chi connectivity index (χ3v) is 1.77. The second-order valence-electron chi connectivity index (χ2n) is 2.81. The summed E-state index contributed by atoms with van der Waals surface area (Å²) >= 11 is 0. The normalized spacial score (nSPS) is 16.4. The summed E-state index contributed by atoms with van der Waals surface area (Å²) < 4.78 is 0. The Morgan fingerprint density at radius 2 is 1.55 bits per heavy atom. The molecule has 2 atom stereocenters. The van der Waals surface area contributed by atoms with Gasteiger partial charge in [-0.05, 0) is 25.7 Å². The van der Waals surface area contributed by atoms with E-state index in [0.717, 1.165) is 6.42 Å². The number of hydrogen-bond donors (Lipinski definition) is 3. The first kappa shape index (κ1) is 10.9. The van der Waals surface area contributed by atoms with Crippen LogP contribution in [-0.2, 0) is 0 Å². The van der Waals surface area contributed by atoms with Gasteiger partial charge in [0.05, 0.1) is 12.2 Å². The fourth-order valence-corrected chi connectivity index (χ4v) is 0.882. The molecule has 0 aromatic heterocycles. The van der Waals surface area contributed by atoms with Crippen molar-refractivity contribution in [3.63, 3.8) is 0 Å². The third kappa shape index (κ3) is 6.28. The van der Waals surface area contributed by atoms with Gasteiger partial charge in [-0.25, -0.2) is 0 Å². The van der Waals surface area contributed by atoms with Crippen LogP contribution in [0.1, 0.15) is 32.6 Å². The molecule has 0 bridgehead atoms. The summed E-state index contributed by atoms with van der Waals surface area (Å²) in [5.74, 6) is 0. The smallest absolute Gasteiger partial charge is 0.0563 e. The van der Waals surface area contributed by atoms with Gasteiger partial charge in [-0.2, -0.15) is 0 Å². The highest BCUT2D eigenvalue weighted by Crippen LogP contribution is 2.06. The number of aliphatic hydroxyl groups excluding tert-OH is 3. The van der Waals surface area contributed by atoms with Gasteiger partial charge >= 0.3 is 0 Å². The molecule has 3 nitrogen and oxygen atoms in total. The van der Waals surface area contributed by atoms with E-state index in [2.05, 4.69) is 0 Å². The van der Waals surface area contributed by atoms with E-state index in [1.165, 1.54) is 0 Å². The Morgan fingerprint density at radius 1 is 1.00 bits per heavy atom. The van der Waals surface area contributed by atoms with Crippen LogP contribution >= 0.6 is 0 Å². The fraction of sp³-hybridized carbons (Fsp3) is 1.00. The fourth-order valence-electron chi connectivity index (χ4n) is 0.882. The van der Waals surface area contributed by atoms with Crippen molar-refractivity contribution < 1.29 is 15.3 Å². The minimum Gasteiger partial charge on any atom is -0.396 e. The summed E-state index contributed by atoms with van der Waals surface area (Å²) in [4.78, 5) is 0. The van der Waals surface area contributed by atoms with Crippen LogP contribution < -0.4 is 0 Å². The lowest BCUT2D eigenvalue weighted by Gasteiger charge is -2.11. The second-order valence-corrected chi connectivity index (χ2v) is 2.81. The molecule has 68 valence electrons. The Bertz CT molecular complexity index is 85.4. The molecule has 0 radical (unpaired) electrons. The molecule has 0 saturated carbocycles. The van der Waals surface area contributed by atoms with E-state index in [4.69, 9.17) is 15.3 Å². The second kappa shape index (κ2) is 6.58. The predicted octanol–water partition coefficient (Wildman–Crippen LogP) is 0.281. The van der Waals surface area contributed by atoms with Gasteiger partial charge < -0.3 is 15.3 Å². The Morgan fingerprint density at radius 3 is 2.00 bits per heavy atom. The van der Waals surface area contributed by atoms with E-state index >= 15 is 0 Å². The molecule has 0 aromatic rings. The molecule has 0 aliphatic rings. The quantitative estimate of drug-likeness (QED) is 0.525. The number of rotatable bonds is 6. The average Bonchev–Trinajstić information content (AvgIpc) is 2.01. The zero-order valence-corrected chi connectivity index (χ0v) is 7.03. The molecule has 11 heavy (non-hydrogen) atoms. The SMILES string of the molecule is CCC(O)CCC(O)CCO. The molecule has 0 amide bonds. The highest BCUT2D eigenvalue weighted by molar-refractivity contribution is 4.59. The lowest BCUT2D eigenvalue weighted by Crippen LogP contribution is -2.13. The van der Waals surface area contributed by atoms with Gasteiger partial charge in [0.25, 0.3) is 0 Å². The molecule has 0 aliphatic heterocycles. The van der Waals surface area contributed by atoms with Crippen molar-refractivity contribution in [3.05, 3.63) is 0 Å². The zero-order valence-electron chi connectivity index (χ0n) is 7.03. The van der Waals surface area contributed by atoms with Gasteiger partial charge in [0.2, 0.25) is 0 Å². The van der Waals surface area contributed by atoms with E-state index in [0.29, 0.717) is 19.3 Å². The van der Waals surface area contributed by atoms with Gasteiger partial charge in [0.15, 0.2) is 0 Å². The third-order valence-electron chi connectivity index (χ3n) is 1.77. The van der Waals surface area contributed by atoms with E-state index in [9.17, 15) is 0 Å². The van der Waals surface area contributed by atoms with Crippen LogP contribution in [-0.4, -0.2) is 34.1 Å². The molecular formula is C8H18O3. The monoisotopic (exact) mass is 162 g/mol. The minimum atomic E-state index is -0.457. The lowest BCUT2D eigenvalue weighted by molar-refractivity contribution is 0.0929. The van der Waals surface area contributed by atoms with Crippen molar-refractivity contribution in [3.8, 4) is 0 Å². The molecule has 0 fully saturated rings. The van der Waals surface area contributed by atoms with Crippen LogP contribution in [0.5, 0.6) is 0 Å². The average molecular weight is 162 g/mol. The Labute approximate surface area is 67.7 Å². The van der Waals surface area contributed by atoms with Crippen molar-refractivity contribution in [1.82, 2.24) is 0 Å². The van der Waals surface area contributed by atoms with Crippen LogP contribution in [0.3, 0.4) is 0 Å². The largest absolute Gasteiger partial charge is 0.396 e. The summed E-state index contributed by atoms with van der Waals surface area (Å²) in [6, 6.07) is 0. The van der Waals surface area contributed by atoms with Gasteiger partial charge in [0.1, 0.15) is 0 Å². The summed E-state index contributed by atoms with van der Waals surface area (Å²) in [5.41, 5.74) is 0. The first-order valence-electron chi connectivity index (χ1n) is 4.17. The van der Waals surface area contributed by atoms with Crippen LogP contribution in [0.15, 0.2) is 0 Å². The van der Waals surface area contributed by atoms with E-state index in [1.54, 1.807) is 0 Å². The van der Waals surface area contributed by atoms with E-state index in [-0.39, 0.29) is 12.7 Å². The molecular weight excluding hydrogens is 144 g/mol. The number of hydrogen-bond acceptors (Lipinski definition) is 3. The molecule has 3 heteroatoms. The molecule has 0 heterocycles.